The molecule has 0 atom stereocenters. The molecule has 4 rings (SSSR count). The zero-order chi connectivity index (χ0) is 14.2. The van der Waals surface area contributed by atoms with Crippen molar-refractivity contribution in [3.8, 4) is 16.9 Å². The molecule has 4 nitrogen and oxygen atoms in total. The van der Waals surface area contributed by atoms with Gasteiger partial charge < -0.3 is 5.32 Å². The van der Waals surface area contributed by atoms with Crippen LogP contribution in [-0.4, -0.2) is 21.1 Å². The van der Waals surface area contributed by atoms with Crippen molar-refractivity contribution in [2.75, 3.05) is 11.9 Å². The van der Waals surface area contributed by atoms with Crippen molar-refractivity contribution in [3.05, 3.63) is 60.3 Å². The molecule has 0 spiro atoms. The summed E-state index contributed by atoms with van der Waals surface area (Å²) in [5.74, 6) is 0. The predicted molar refractivity (Wildman–Crippen MR) is 83.7 cm³/mol. The van der Waals surface area contributed by atoms with Crippen LogP contribution >= 0.6 is 0 Å². The number of para-hydroxylation sites is 1. The molecule has 0 fully saturated rings. The van der Waals surface area contributed by atoms with E-state index in [-0.39, 0.29) is 0 Å². The van der Waals surface area contributed by atoms with Crippen molar-refractivity contribution >= 4 is 5.69 Å². The Labute approximate surface area is 123 Å². The highest BCUT2D eigenvalue weighted by Gasteiger charge is 2.18. The molecule has 0 unspecified atom stereocenters. The summed E-state index contributed by atoms with van der Waals surface area (Å²) in [6, 6.07) is 8.48. The summed E-state index contributed by atoms with van der Waals surface area (Å²) in [5, 5.41) is 3.49. The number of hydrogen-bond acceptors (Lipinski definition) is 3. The highest BCUT2D eigenvalue weighted by Crippen LogP contribution is 2.35. The Bertz CT molecular complexity index is 804. The van der Waals surface area contributed by atoms with Crippen LogP contribution in [0.5, 0.6) is 0 Å². The Kier molecular flexibility index (Phi) is 2.74. The van der Waals surface area contributed by atoms with E-state index in [1.807, 2.05) is 31.0 Å². The standard InChI is InChI=1S/C17H16N4/c1-12-5-7-18-9-15(12)21-11-19-10-16(21)14-4-2-3-13-6-8-20-17(13)14/h2-5,7,9-11,20H,6,8H2,1H3. The van der Waals surface area contributed by atoms with Gasteiger partial charge in [-0.15, -0.1) is 0 Å². The maximum Gasteiger partial charge on any atom is 0.0997 e. The Morgan fingerprint density at radius 2 is 2.10 bits per heavy atom. The third-order valence-electron chi connectivity index (χ3n) is 4.03. The van der Waals surface area contributed by atoms with Gasteiger partial charge in [0.25, 0.3) is 0 Å². The van der Waals surface area contributed by atoms with Gasteiger partial charge in [-0.3, -0.25) is 9.55 Å². The fourth-order valence-corrected chi connectivity index (χ4v) is 2.95. The van der Waals surface area contributed by atoms with Gasteiger partial charge in [0.2, 0.25) is 0 Å². The van der Waals surface area contributed by atoms with Gasteiger partial charge in [0.05, 0.1) is 30.1 Å². The van der Waals surface area contributed by atoms with E-state index in [1.54, 1.807) is 0 Å². The largest absolute Gasteiger partial charge is 0.384 e. The summed E-state index contributed by atoms with van der Waals surface area (Å²) in [7, 11) is 0. The summed E-state index contributed by atoms with van der Waals surface area (Å²) in [6.07, 6.45) is 8.56. The topological polar surface area (TPSA) is 42.7 Å². The van der Waals surface area contributed by atoms with Crippen molar-refractivity contribution < 1.29 is 0 Å². The van der Waals surface area contributed by atoms with Crippen molar-refractivity contribution in [2.24, 2.45) is 0 Å². The Balaban J connectivity index is 1.91. The zero-order valence-corrected chi connectivity index (χ0v) is 11.9. The second kappa shape index (κ2) is 4.74. The molecule has 104 valence electrons. The third kappa shape index (κ3) is 1.91. The van der Waals surface area contributed by atoms with Gasteiger partial charge >= 0.3 is 0 Å². The fraction of sp³-hybridized carbons (Fsp3) is 0.176. The van der Waals surface area contributed by atoms with Crippen LogP contribution in [0.4, 0.5) is 5.69 Å². The van der Waals surface area contributed by atoms with E-state index < -0.39 is 0 Å². The molecule has 3 aromatic rings. The zero-order valence-electron chi connectivity index (χ0n) is 11.9. The number of aryl methyl sites for hydroxylation is 1. The maximum atomic E-state index is 4.35. The number of anilines is 1. The normalized spacial score (nSPS) is 13.0. The van der Waals surface area contributed by atoms with Gasteiger partial charge in [0.15, 0.2) is 0 Å². The monoisotopic (exact) mass is 276 g/mol. The van der Waals surface area contributed by atoms with Crippen LogP contribution in [0.2, 0.25) is 0 Å². The molecule has 4 heteroatoms. The molecule has 0 saturated heterocycles. The minimum atomic E-state index is 1.01. The van der Waals surface area contributed by atoms with Gasteiger partial charge in [-0.25, -0.2) is 4.98 Å². The first-order valence-corrected chi connectivity index (χ1v) is 7.14. The second-order valence-corrected chi connectivity index (χ2v) is 5.33. The first kappa shape index (κ1) is 12.1. The number of benzene rings is 1. The maximum absolute atomic E-state index is 4.35. The van der Waals surface area contributed by atoms with Crippen LogP contribution in [0.3, 0.4) is 0 Å². The van der Waals surface area contributed by atoms with Gasteiger partial charge in [-0.2, -0.15) is 0 Å². The third-order valence-corrected chi connectivity index (χ3v) is 4.03. The SMILES string of the molecule is Cc1ccncc1-n1cncc1-c1cccc2c1NCC2. The quantitative estimate of drug-likeness (QED) is 0.781. The molecular formula is C17H16N4. The van der Waals surface area contributed by atoms with Crippen molar-refractivity contribution in [3.63, 3.8) is 0 Å². The molecule has 1 N–H and O–H groups in total. The number of nitrogens with zero attached hydrogens (tertiary/aromatic N) is 3. The smallest absolute Gasteiger partial charge is 0.0997 e. The molecule has 3 heterocycles. The van der Waals surface area contributed by atoms with E-state index >= 15 is 0 Å². The predicted octanol–water partition coefficient (Wildman–Crippen LogP) is 3.21. The van der Waals surface area contributed by atoms with Gasteiger partial charge in [0.1, 0.15) is 0 Å². The molecule has 0 saturated carbocycles. The minimum absolute atomic E-state index is 1.01. The fourth-order valence-electron chi connectivity index (χ4n) is 2.95. The molecule has 0 aliphatic carbocycles. The van der Waals surface area contributed by atoms with Crippen LogP contribution in [0.1, 0.15) is 11.1 Å². The number of fused-ring (bicyclic) bond motifs is 1. The number of rotatable bonds is 2. The van der Waals surface area contributed by atoms with Crippen LogP contribution < -0.4 is 5.32 Å². The molecule has 1 aliphatic rings. The van der Waals surface area contributed by atoms with Crippen LogP contribution in [0.25, 0.3) is 16.9 Å². The number of aromatic nitrogens is 3. The highest BCUT2D eigenvalue weighted by atomic mass is 15.1. The average Bonchev–Trinajstić information content (AvgIpc) is 3.16. The van der Waals surface area contributed by atoms with E-state index in [4.69, 9.17) is 0 Å². The summed E-state index contributed by atoms with van der Waals surface area (Å²) in [6.45, 7) is 3.10. The summed E-state index contributed by atoms with van der Waals surface area (Å²) < 4.78 is 2.11. The van der Waals surface area contributed by atoms with Crippen molar-refractivity contribution in [2.45, 2.75) is 13.3 Å². The van der Waals surface area contributed by atoms with Crippen molar-refractivity contribution in [1.29, 1.82) is 0 Å². The van der Waals surface area contributed by atoms with E-state index in [9.17, 15) is 0 Å². The van der Waals surface area contributed by atoms with Crippen LogP contribution in [0, 0.1) is 6.92 Å². The van der Waals surface area contributed by atoms with Crippen molar-refractivity contribution in [1.82, 2.24) is 14.5 Å². The molecule has 1 aliphatic heterocycles. The Morgan fingerprint density at radius 1 is 1.14 bits per heavy atom. The van der Waals surface area contributed by atoms with E-state index in [0.29, 0.717) is 0 Å². The molecule has 0 amide bonds. The Hall–Kier alpha value is -2.62. The lowest BCUT2D eigenvalue weighted by molar-refractivity contribution is 1.03. The average molecular weight is 276 g/mol. The number of hydrogen-bond donors (Lipinski definition) is 1. The first-order valence-electron chi connectivity index (χ1n) is 7.14. The minimum Gasteiger partial charge on any atom is -0.384 e. The Morgan fingerprint density at radius 3 is 3.00 bits per heavy atom. The summed E-state index contributed by atoms with van der Waals surface area (Å²) >= 11 is 0. The van der Waals surface area contributed by atoms with Crippen LogP contribution in [0.15, 0.2) is 49.2 Å². The van der Waals surface area contributed by atoms with Crippen LogP contribution in [-0.2, 0) is 6.42 Å². The molecule has 2 aromatic heterocycles. The van der Waals surface area contributed by atoms with E-state index in [2.05, 4.69) is 45.0 Å². The van der Waals surface area contributed by atoms with Gasteiger partial charge in [-0.05, 0) is 30.5 Å². The number of imidazole rings is 1. The van der Waals surface area contributed by atoms with Gasteiger partial charge in [0, 0.05) is 24.0 Å². The number of nitrogens with one attached hydrogen (secondary N) is 1. The number of pyridine rings is 1. The summed E-state index contributed by atoms with van der Waals surface area (Å²) in [4.78, 5) is 8.59. The molecule has 0 radical (unpaired) electrons. The second-order valence-electron chi connectivity index (χ2n) is 5.33. The molecular weight excluding hydrogens is 260 g/mol. The highest BCUT2D eigenvalue weighted by molar-refractivity contribution is 5.80. The summed E-state index contributed by atoms with van der Waals surface area (Å²) in [5.41, 5.74) is 7.16. The lowest BCUT2D eigenvalue weighted by Gasteiger charge is -2.13. The lowest BCUT2D eigenvalue weighted by Crippen LogP contribution is -2.00. The molecule has 0 bridgehead atoms. The van der Waals surface area contributed by atoms with E-state index in [0.717, 1.165) is 24.3 Å². The van der Waals surface area contributed by atoms with E-state index in [1.165, 1.54) is 22.4 Å². The molecule has 1 aromatic carbocycles. The van der Waals surface area contributed by atoms with Gasteiger partial charge in [-0.1, -0.05) is 18.2 Å². The molecule has 21 heavy (non-hydrogen) atoms. The first-order chi connectivity index (χ1) is 10.3. The lowest BCUT2D eigenvalue weighted by atomic mass is 10.1.